The second-order valence-corrected chi connectivity index (χ2v) is 6.74. The Bertz CT molecular complexity index is 1060. The third kappa shape index (κ3) is 3.23. The third-order valence-corrected chi connectivity index (χ3v) is 4.67. The molecule has 2 N–H and O–H groups in total. The van der Waals surface area contributed by atoms with Crippen LogP contribution < -0.4 is 0 Å². The van der Waals surface area contributed by atoms with E-state index < -0.39 is 15.0 Å². The molecule has 0 saturated heterocycles. The highest BCUT2D eigenvalue weighted by molar-refractivity contribution is 7.86. The van der Waals surface area contributed by atoms with Crippen molar-refractivity contribution in [3.8, 4) is 5.75 Å². The van der Waals surface area contributed by atoms with E-state index in [1.54, 1.807) is 12.1 Å². The van der Waals surface area contributed by atoms with Gasteiger partial charge in [0.25, 0.3) is 10.1 Å². The first-order valence-corrected chi connectivity index (χ1v) is 8.57. The van der Waals surface area contributed by atoms with Gasteiger partial charge in [0.15, 0.2) is 0 Å². The van der Waals surface area contributed by atoms with Gasteiger partial charge in [-0.05, 0) is 29.7 Å². The van der Waals surface area contributed by atoms with Crippen molar-refractivity contribution in [1.82, 2.24) is 0 Å². The molecule has 0 aliphatic carbocycles. The van der Waals surface area contributed by atoms with Gasteiger partial charge in [0.05, 0.1) is 10.7 Å². The number of nitrogens with zero attached hydrogens (tertiary/aromatic N) is 2. The summed E-state index contributed by atoms with van der Waals surface area (Å²) in [5.41, 5.74) is 0.572. The number of azo groups is 1. The van der Waals surface area contributed by atoms with Gasteiger partial charge in [-0.25, -0.2) is 0 Å². The zero-order valence-electron chi connectivity index (χ0n) is 12.1. The van der Waals surface area contributed by atoms with Crippen LogP contribution in [-0.2, 0) is 10.1 Å². The van der Waals surface area contributed by atoms with Crippen molar-refractivity contribution in [2.24, 2.45) is 10.2 Å². The summed E-state index contributed by atoms with van der Waals surface area (Å²) in [5, 5.41) is 19.5. The maximum atomic E-state index is 11.1. The fourth-order valence-electron chi connectivity index (χ4n) is 2.22. The topological polar surface area (TPSA) is 99.3 Å². The van der Waals surface area contributed by atoms with Crippen LogP contribution >= 0.6 is 11.6 Å². The Hall–Kier alpha value is -2.48. The van der Waals surface area contributed by atoms with Gasteiger partial charge in [-0.2, -0.15) is 13.5 Å². The van der Waals surface area contributed by atoms with Gasteiger partial charge >= 0.3 is 0 Å². The average molecular weight is 363 g/mol. The molecule has 0 fully saturated rings. The number of fused-ring (bicyclic) bond motifs is 1. The molecule has 0 heterocycles. The van der Waals surface area contributed by atoms with Gasteiger partial charge in [-0.1, -0.05) is 41.9 Å². The molecule has 3 aromatic rings. The number of halogens is 1. The smallest absolute Gasteiger partial charge is 0.296 e. The molecule has 3 rings (SSSR count). The van der Waals surface area contributed by atoms with Crippen LogP contribution in [0, 0.1) is 0 Å². The van der Waals surface area contributed by atoms with E-state index in [0.29, 0.717) is 5.69 Å². The van der Waals surface area contributed by atoms with Crippen LogP contribution in [0.4, 0.5) is 11.4 Å². The lowest BCUT2D eigenvalue weighted by atomic mass is 10.1. The maximum absolute atomic E-state index is 11.1. The van der Waals surface area contributed by atoms with Crippen molar-refractivity contribution in [3.05, 3.63) is 59.6 Å². The first kappa shape index (κ1) is 16.4. The number of benzene rings is 3. The highest BCUT2D eigenvalue weighted by Gasteiger charge is 2.14. The fourth-order valence-corrected chi connectivity index (χ4v) is 3.23. The maximum Gasteiger partial charge on any atom is 0.296 e. The minimum absolute atomic E-state index is 0.0295. The lowest BCUT2D eigenvalue weighted by molar-refractivity contribution is 0.477. The summed E-state index contributed by atoms with van der Waals surface area (Å²) >= 11 is 5.83. The zero-order valence-corrected chi connectivity index (χ0v) is 13.7. The standard InChI is InChI=1S/C16H11ClN2O4S/c17-13-9-11(6-8-15(13)24(21,22)23)18-19-16-12-4-2-1-3-10(12)5-7-14(16)20/h1-9,20H,(H,21,22,23). The van der Waals surface area contributed by atoms with Crippen molar-refractivity contribution < 1.29 is 18.1 Å². The number of rotatable bonds is 3. The molecule has 24 heavy (non-hydrogen) atoms. The van der Waals surface area contributed by atoms with Crippen LogP contribution in [0.2, 0.25) is 5.02 Å². The minimum Gasteiger partial charge on any atom is -0.506 e. The first-order valence-electron chi connectivity index (χ1n) is 6.76. The highest BCUT2D eigenvalue weighted by Crippen LogP contribution is 2.36. The van der Waals surface area contributed by atoms with Gasteiger partial charge in [0, 0.05) is 5.39 Å². The second-order valence-electron chi connectivity index (χ2n) is 4.94. The quantitative estimate of drug-likeness (QED) is 0.513. The van der Waals surface area contributed by atoms with Crippen molar-refractivity contribution in [1.29, 1.82) is 0 Å². The van der Waals surface area contributed by atoms with Gasteiger partial charge < -0.3 is 5.11 Å². The largest absolute Gasteiger partial charge is 0.506 e. The summed E-state index contributed by atoms with van der Waals surface area (Å²) in [6.45, 7) is 0. The van der Waals surface area contributed by atoms with Crippen molar-refractivity contribution in [2.45, 2.75) is 4.90 Å². The molecule has 0 bridgehead atoms. The SMILES string of the molecule is O=S(=O)(O)c1ccc(N=Nc2c(O)ccc3ccccc23)cc1Cl. The molecular formula is C16H11ClN2O4S. The molecule has 0 unspecified atom stereocenters. The van der Waals surface area contributed by atoms with E-state index in [0.717, 1.165) is 16.8 Å². The molecule has 0 aliphatic heterocycles. The number of phenols is 1. The number of aromatic hydroxyl groups is 1. The van der Waals surface area contributed by atoms with Gasteiger partial charge in [-0.15, -0.1) is 5.11 Å². The Morgan fingerprint density at radius 1 is 0.958 bits per heavy atom. The Kier molecular flexibility index (Phi) is 4.23. The summed E-state index contributed by atoms with van der Waals surface area (Å²) in [7, 11) is -4.40. The molecule has 6 nitrogen and oxygen atoms in total. The normalized spacial score (nSPS) is 12.1. The molecule has 0 radical (unpaired) electrons. The fraction of sp³-hybridized carbons (Fsp3) is 0. The molecule has 0 atom stereocenters. The van der Waals surface area contributed by atoms with Crippen molar-refractivity contribution >= 4 is 43.9 Å². The van der Waals surface area contributed by atoms with E-state index in [2.05, 4.69) is 10.2 Å². The van der Waals surface area contributed by atoms with Crippen LogP contribution in [0.25, 0.3) is 10.8 Å². The lowest BCUT2D eigenvalue weighted by Crippen LogP contribution is -1.98. The zero-order chi connectivity index (χ0) is 17.3. The molecule has 122 valence electrons. The summed E-state index contributed by atoms with van der Waals surface area (Å²) in [5.74, 6) is -0.0295. The monoisotopic (exact) mass is 362 g/mol. The minimum atomic E-state index is -4.40. The second kappa shape index (κ2) is 6.20. The summed E-state index contributed by atoms with van der Waals surface area (Å²) in [6, 6.07) is 14.4. The molecule has 0 spiro atoms. The molecule has 8 heteroatoms. The molecule has 0 saturated carbocycles. The number of hydrogen-bond donors (Lipinski definition) is 2. The van der Waals surface area contributed by atoms with Gasteiger partial charge in [-0.3, -0.25) is 4.55 Å². The highest BCUT2D eigenvalue weighted by atomic mass is 35.5. The van der Waals surface area contributed by atoms with E-state index in [1.807, 2.05) is 18.2 Å². The Morgan fingerprint density at radius 3 is 2.42 bits per heavy atom. The molecular weight excluding hydrogens is 352 g/mol. The van der Waals surface area contributed by atoms with Crippen LogP contribution in [0.1, 0.15) is 0 Å². The predicted octanol–water partition coefficient (Wildman–Crippen LogP) is 4.86. The third-order valence-electron chi connectivity index (χ3n) is 3.34. The summed E-state index contributed by atoms with van der Waals surface area (Å²) < 4.78 is 31.3. The van der Waals surface area contributed by atoms with Crippen LogP contribution in [0.3, 0.4) is 0 Å². The Morgan fingerprint density at radius 2 is 1.71 bits per heavy atom. The predicted molar refractivity (Wildman–Crippen MR) is 91.1 cm³/mol. The first-order chi connectivity index (χ1) is 11.4. The molecule has 3 aromatic carbocycles. The van der Waals surface area contributed by atoms with Crippen molar-refractivity contribution in [2.75, 3.05) is 0 Å². The Labute approximate surface area is 142 Å². The van der Waals surface area contributed by atoms with E-state index in [-0.39, 0.29) is 16.5 Å². The molecule has 0 amide bonds. The van der Waals surface area contributed by atoms with Crippen molar-refractivity contribution in [3.63, 3.8) is 0 Å². The van der Waals surface area contributed by atoms with E-state index in [1.165, 1.54) is 18.2 Å². The summed E-state index contributed by atoms with van der Waals surface area (Å²) in [4.78, 5) is -0.406. The molecule has 0 aliphatic rings. The Balaban J connectivity index is 2.03. The van der Waals surface area contributed by atoms with Crippen LogP contribution in [0.15, 0.2) is 69.7 Å². The molecule has 0 aromatic heterocycles. The van der Waals surface area contributed by atoms with Gasteiger partial charge in [0.2, 0.25) is 0 Å². The average Bonchev–Trinajstić information content (AvgIpc) is 2.53. The van der Waals surface area contributed by atoms with Crippen LogP contribution in [0.5, 0.6) is 5.75 Å². The van der Waals surface area contributed by atoms with E-state index >= 15 is 0 Å². The van der Waals surface area contributed by atoms with Gasteiger partial charge in [0.1, 0.15) is 16.3 Å². The summed E-state index contributed by atoms with van der Waals surface area (Å²) in [6.07, 6.45) is 0. The lowest BCUT2D eigenvalue weighted by Gasteiger charge is -2.04. The number of hydrogen-bond acceptors (Lipinski definition) is 5. The van der Waals surface area contributed by atoms with E-state index in [9.17, 15) is 13.5 Å². The van der Waals surface area contributed by atoms with Crippen LogP contribution in [-0.4, -0.2) is 18.1 Å². The number of phenolic OH excluding ortho intramolecular Hbond substituents is 1. The van der Waals surface area contributed by atoms with E-state index in [4.69, 9.17) is 16.2 Å².